The number of piperidine rings is 1. The number of H-pyrrole nitrogens is 1. The molecule has 1 atom stereocenters. The maximum Gasteiger partial charge on any atom is 0.270 e. The highest BCUT2D eigenvalue weighted by Crippen LogP contribution is 2.21. The lowest BCUT2D eigenvalue weighted by molar-refractivity contribution is 0.0521. The smallest absolute Gasteiger partial charge is 0.270 e. The summed E-state index contributed by atoms with van der Waals surface area (Å²) in [6, 6.07) is 13.5. The van der Waals surface area contributed by atoms with Crippen molar-refractivity contribution in [3.63, 3.8) is 0 Å². The molecule has 0 bridgehead atoms. The number of amides is 1. The Morgan fingerprint density at radius 3 is 2.81 bits per heavy atom. The number of nitrogens with zero attached hydrogens (tertiary/aromatic N) is 4. The molecule has 0 radical (unpaired) electrons. The molecule has 1 aliphatic heterocycles. The van der Waals surface area contributed by atoms with Gasteiger partial charge >= 0.3 is 0 Å². The zero-order chi connectivity index (χ0) is 18.8. The Hall–Kier alpha value is -3.09. The second-order valence-corrected chi connectivity index (χ2v) is 7.03. The molecule has 1 amide bonds. The molecular weight excluding hydrogens is 342 g/mol. The van der Waals surface area contributed by atoms with E-state index in [1.807, 2.05) is 66.4 Å². The van der Waals surface area contributed by atoms with Gasteiger partial charge in [0.2, 0.25) is 5.88 Å². The van der Waals surface area contributed by atoms with E-state index in [4.69, 9.17) is 4.74 Å². The summed E-state index contributed by atoms with van der Waals surface area (Å²) in [6.45, 7) is 1.28. The van der Waals surface area contributed by atoms with Crippen LogP contribution in [0.15, 0.2) is 42.5 Å². The van der Waals surface area contributed by atoms with E-state index in [1.54, 1.807) is 0 Å². The van der Waals surface area contributed by atoms with Crippen molar-refractivity contribution in [2.45, 2.75) is 18.9 Å². The average molecular weight is 365 g/mol. The number of para-hydroxylation sites is 1. The lowest BCUT2D eigenvalue weighted by atomic mass is 10.1. The molecule has 4 rings (SSSR count). The molecule has 0 aliphatic carbocycles. The minimum Gasteiger partial charge on any atom is -0.471 e. The van der Waals surface area contributed by atoms with Gasteiger partial charge in [0.05, 0.1) is 6.54 Å². The second-order valence-electron chi connectivity index (χ2n) is 7.03. The Kier molecular flexibility index (Phi) is 4.66. The lowest BCUT2D eigenvalue weighted by Crippen LogP contribution is -2.44. The van der Waals surface area contributed by atoms with Gasteiger partial charge in [0, 0.05) is 37.6 Å². The van der Waals surface area contributed by atoms with Gasteiger partial charge in [-0.05, 0) is 31.0 Å². The number of nitrogens with one attached hydrogen (secondary N) is 1. The van der Waals surface area contributed by atoms with Gasteiger partial charge in [-0.15, -0.1) is 10.2 Å². The summed E-state index contributed by atoms with van der Waals surface area (Å²) in [6.07, 6.45) is 1.72. The van der Waals surface area contributed by atoms with E-state index in [0.29, 0.717) is 18.1 Å². The number of anilines is 1. The molecule has 7 heteroatoms. The highest BCUT2D eigenvalue weighted by atomic mass is 16.5. The van der Waals surface area contributed by atoms with Crippen molar-refractivity contribution in [2.75, 3.05) is 32.1 Å². The Morgan fingerprint density at radius 2 is 2.07 bits per heavy atom. The van der Waals surface area contributed by atoms with E-state index >= 15 is 0 Å². The first-order valence-electron chi connectivity index (χ1n) is 9.15. The lowest BCUT2D eigenvalue weighted by Gasteiger charge is -2.32. The molecular formula is C20H23N5O2. The Bertz CT molecular complexity index is 902. The molecule has 1 fully saturated rings. The number of carbonyl (C=O) groups is 1. The van der Waals surface area contributed by atoms with Gasteiger partial charge in [-0.25, -0.2) is 0 Å². The van der Waals surface area contributed by atoms with E-state index in [0.717, 1.165) is 36.1 Å². The number of likely N-dealkylation sites (tertiary alicyclic amines) is 1. The zero-order valence-corrected chi connectivity index (χ0v) is 15.6. The molecule has 2 aromatic heterocycles. The summed E-state index contributed by atoms with van der Waals surface area (Å²) in [5, 5.41) is 9.31. The normalized spacial score (nSPS) is 17.1. The van der Waals surface area contributed by atoms with Crippen molar-refractivity contribution in [3.8, 4) is 5.88 Å². The predicted molar refractivity (Wildman–Crippen MR) is 104 cm³/mol. The standard InChI is InChI=1S/C20H23N5O2/c1-24(2)18-9-10-19(23-22-18)27-15-7-5-11-25(13-15)20(26)17-12-14-6-3-4-8-16(14)21-17/h3-4,6,8-10,12,15,21H,5,7,11,13H2,1-2H3. The number of benzene rings is 1. The van der Waals surface area contributed by atoms with Crippen LogP contribution in [0, 0.1) is 0 Å². The number of fused-ring (bicyclic) bond motifs is 1. The van der Waals surface area contributed by atoms with Crippen LogP contribution >= 0.6 is 0 Å². The Labute approximate surface area is 157 Å². The van der Waals surface area contributed by atoms with E-state index in [2.05, 4.69) is 15.2 Å². The van der Waals surface area contributed by atoms with Gasteiger partial charge in [-0.3, -0.25) is 4.79 Å². The van der Waals surface area contributed by atoms with Crippen molar-refractivity contribution in [1.82, 2.24) is 20.1 Å². The fourth-order valence-corrected chi connectivity index (χ4v) is 3.36. The molecule has 140 valence electrons. The maximum atomic E-state index is 12.9. The molecule has 1 aromatic carbocycles. The number of hydrogen-bond acceptors (Lipinski definition) is 5. The van der Waals surface area contributed by atoms with Crippen LogP contribution in [-0.4, -0.2) is 59.3 Å². The van der Waals surface area contributed by atoms with Gasteiger partial charge in [-0.2, -0.15) is 0 Å². The molecule has 1 saturated heterocycles. The van der Waals surface area contributed by atoms with E-state index < -0.39 is 0 Å². The maximum absolute atomic E-state index is 12.9. The summed E-state index contributed by atoms with van der Waals surface area (Å²) < 4.78 is 5.97. The second kappa shape index (κ2) is 7.26. The van der Waals surface area contributed by atoms with Crippen molar-refractivity contribution < 1.29 is 9.53 Å². The highest BCUT2D eigenvalue weighted by Gasteiger charge is 2.27. The summed E-state index contributed by atoms with van der Waals surface area (Å²) in [5.41, 5.74) is 1.59. The van der Waals surface area contributed by atoms with Crippen molar-refractivity contribution >= 4 is 22.6 Å². The molecule has 3 aromatic rings. The monoisotopic (exact) mass is 365 g/mol. The van der Waals surface area contributed by atoms with Crippen molar-refractivity contribution in [3.05, 3.63) is 48.2 Å². The third-order valence-electron chi connectivity index (χ3n) is 4.80. The number of carbonyl (C=O) groups excluding carboxylic acids is 1. The van der Waals surface area contributed by atoms with Crippen LogP contribution in [0.2, 0.25) is 0 Å². The van der Waals surface area contributed by atoms with Crippen LogP contribution in [0.4, 0.5) is 5.82 Å². The number of hydrogen-bond donors (Lipinski definition) is 1. The van der Waals surface area contributed by atoms with Gasteiger partial charge in [-0.1, -0.05) is 18.2 Å². The fourth-order valence-electron chi connectivity index (χ4n) is 3.36. The summed E-state index contributed by atoms with van der Waals surface area (Å²) in [7, 11) is 3.83. The molecule has 0 saturated carbocycles. The summed E-state index contributed by atoms with van der Waals surface area (Å²) in [5.74, 6) is 1.28. The Balaban J connectivity index is 1.43. The zero-order valence-electron chi connectivity index (χ0n) is 15.6. The number of ether oxygens (including phenoxy) is 1. The molecule has 7 nitrogen and oxygen atoms in total. The molecule has 1 aliphatic rings. The molecule has 27 heavy (non-hydrogen) atoms. The fraction of sp³-hybridized carbons (Fsp3) is 0.350. The average Bonchev–Trinajstić information content (AvgIpc) is 3.12. The first kappa shape index (κ1) is 17.3. The van der Waals surface area contributed by atoms with E-state index in [1.165, 1.54) is 0 Å². The van der Waals surface area contributed by atoms with E-state index in [-0.39, 0.29) is 12.0 Å². The SMILES string of the molecule is CN(C)c1ccc(OC2CCCN(C(=O)c3cc4ccccc4[nH]3)C2)nn1. The van der Waals surface area contributed by atoms with E-state index in [9.17, 15) is 4.79 Å². The van der Waals surface area contributed by atoms with Crippen LogP contribution in [0.1, 0.15) is 23.3 Å². The molecule has 0 spiro atoms. The molecule has 3 heterocycles. The predicted octanol–water partition coefficient (Wildman–Crippen LogP) is 2.71. The molecule has 1 unspecified atom stereocenters. The van der Waals surface area contributed by atoms with Crippen molar-refractivity contribution in [1.29, 1.82) is 0 Å². The minimum absolute atomic E-state index is 0.00791. The molecule has 1 N–H and O–H groups in total. The van der Waals surface area contributed by atoms with Crippen LogP contribution in [-0.2, 0) is 0 Å². The number of rotatable bonds is 4. The largest absolute Gasteiger partial charge is 0.471 e. The van der Waals surface area contributed by atoms with Crippen LogP contribution in [0.5, 0.6) is 5.88 Å². The third-order valence-corrected chi connectivity index (χ3v) is 4.80. The van der Waals surface area contributed by atoms with Crippen LogP contribution in [0.25, 0.3) is 10.9 Å². The van der Waals surface area contributed by atoms with Gasteiger partial charge in [0.15, 0.2) is 5.82 Å². The van der Waals surface area contributed by atoms with Crippen LogP contribution in [0.3, 0.4) is 0 Å². The van der Waals surface area contributed by atoms with Crippen molar-refractivity contribution in [2.24, 2.45) is 0 Å². The minimum atomic E-state index is -0.0772. The van der Waals surface area contributed by atoms with Gasteiger partial charge in [0.1, 0.15) is 11.8 Å². The first-order chi connectivity index (χ1) is 13.1. The van der Waals surface area contributed by atoms with Gasteiger partial charge < -0.3 is 19.5 Å². The first-order valence-corrected chi connectivity index (χ1v) is 9.15. The number of aromatic nitrogens is 3. The Morgan fingerprint density at radius 1 is 1.22 bits per heavy atom. The number of aromatic amines is 1. The topological polar surface area (TPSA) is 74.3 Å². The van der Waals surface area contributed by atoms with Crippen LogP contribution < -0.4 is 9.64 Å². The quantitative estimate of drug-likeness (QED) is 0.769. The third kappa shape index (κ3) is 3.72. The highest BCUT2D eigenvalue weighted by molar-refractivity contribution is 5.98. The summed E-state index contributed by atoms with van der Waals surface area (Å²) in [4.78, 5) is 19.8. The van der Waals surface area contributed by atoms with Gasteiger partial charge in [0.25, 0.3) is 5.91 Å². The summed E-state index contributed by atoms with van der Waals surface area (Å²) >= 11 is 0.